The number of rotatable bonds is 18. The van der Waals surface area contributed by atoms with E-state index >= 15 is 0 Å². The lowest BCUT2D eigenvalue weighted by Crippen LogP contribution is -2.50. The van der Waals surface area contributed by atoms with Crippen molar-refractivity contribution in [3.63, 3.8) is 0 Å². The minimum atomic E-state index is -0.810. The van der Waals surface area contributed by atoms with E-state index in [1.165, 1.54) is 18.2 Å². The van der Waals surface area contributed by atoms with Crippen LogP contribution in [0.25, 0.3) is 0 Å². The molecule has 10 nitrogen and oxygen atoms in total. The number of unbranched alkanes of at least 4 members (excludes halogenated alkanes) is 2. The molecule has 12 heteroatoms. The predicted octanol–water partition coefficient (Wildman–Crippen LogP) is 2.60. The van der Waals surface area contributed by atoms with Crippen molar-refractivity contribution >= 4 is 41.8 Å². The summed E-state index contributed by atoms with van der Waals surface area (Å²) in [6.07, 6.45) is 5.88. The molecule has 5 N–H and O–H groups in total. The van der Waals surface area contributed by atoms with Gasteiger partial charge in [0.05, 0.1) is 24.5 Å². The van der Waals surface area contributed by atoms with E-state index < -0.39 is 29.7 Å². The van der Waals surface area contributed by atoms with Crippen molar-refractivity contribution < 1.29 is 28.4 Å². The zero-order chi connectivity index (χ0) is 30.5. The summed E-state index contributed by atoms with van der Waals surface area (Å²) in [6, 6.07) is 4.55. The number of thioether (sulfide) groups is 1. The van der Waals surface area contributed by atoms with Gasteiger partial charge in [-0.1, -0.05) is 32.4 Å². The fourth-order valence-corrected chi connectivity index (χ4v) is 6.86. The molecule has 5 atom stereocenters. The number of fused-ring (bicyclic) bond motifs is 1. The zero-order valence-electron chi connectivity index (χ0n) is 24.5. The topological polar surface area (TPSA) is 146 Å². The highest BCUT2D eigenvalue weighted by molar-refractivity contribution is 8.00. The summed E-state index contributed by atoms with van der Waals surface area (Å²) in [7, 11) is 0. The third kappa shape index (κ3) is 11.3. The number of hydrogen-bond acceptors (Lipinski definition) is 6. The van der Waals surface area contributed by atoms with E-state index in [-0.39, 0.29) is 36.4 Å². The summed E-state index contributed by atoms with van der Waals surface area (Å²) in [4.78, 5) is 60.8. The lowest BCUT2D eigenvalue weighted by atomic mass is 10.0. The molecule has 1 aromatic carbocycles. The Hall–Kier alpha value is -3.15. The maximum absolute atomic E-state index is 13.4. The van der Waals surface area contributed by atoms with Crippen LogP contribution in [-0.2, 0) is 25.6 Å². The van der Waals surface area contributed by atoms with Crippen LogP contribution in [0.15, 0.2) is 24.3 Å². The average Bonchev–Trinajstić information content (AvgIpc) is 3.48. The number of amides is 5. The first kappa shape index (κ1) is 33.4. The summed E-state index contributed by atoms with van der Waals surface area (Å²) < 4.78 is 13.4. The van der Waals surface area contributed by atoms with Gasteiger partial charge >= 0.3 is 6.03 Å². The molecule has 0 aliphatic carbocycles. The van der Waals surface area contributed by atoms with Crippen LogP contribution in [0, 0.1) is 11.7 Å². The maximum atomic E-state index is 13.4. The molecule has 0 saturated carbocycles. The molecule has 0 spiro atoms. The Morgan fingerprint density at radius 1 is 1.10 bits per heavy atom. The van der Waals surface area contributed by atoms with Gasteiger partial charge in [-0.05, 0) is 62.1 Å². The van der Waals surface area contributed by atoms with Crippen molar-refractivity contribution in [1.29, 1.82) is 0 Å². The molecule has 2 saturated heterocycles. The monoisotopic (exact) mass is 605 g/mol. The van der Waals surface area contributed by atoms with Gasteiger partial charge in [-0.25, -0.2) is 9.18 Å². The highest BCUT2D eigenvalue weighted by Gasteiger charge is 2.42. The van der Waals surface area contributed by atoms with E-state index in [2.05, 4.69) is 26.6 Å². The average molecular weight is 606 g/mol. The second-order valence-electron chi connectivity index (χ2n) is 11.5. The Bertz CT molecular complexity index is 1090. The highest BCUT2D eigenvalue weighted by Crippen LogP contribution is 2.33. The molecule has 0 bridgehead atoms. The van der Waals surface area contributed by atoms with Crippen LogP contribution in [0.5, 0.6) is 0 Å². The standard InChI is InChI=1S/C30H44FN5O5S/c1-19(2)14-23(34-27(39)16-20-8-7-9-21(31)15-20)29(40)33-22(17-37)10-5-6-13-32-26(38)12-4-3-11-25-28-24(18-42-25)35-30(41)36-28/h7-9,15,17,19,22-25,28H,3-6,10-14,16,18H2,1-2H3,(H,32,38)(H,33,40)(H,34,39)(H2,35,36,41)/t22-,23-,24-,25-,28-/m0/s1. The van der Waals surface area contributed by atoms with Gasteiger partial charge in [-0.15, -0.1) is 0 Å². The molecule has 1 aromatic rings. The van der Waals surface area contributed by atoms with Crippen LogP contribution in [0.2, 0.25) is 0 Å². The van der Waals surface area contributed by atoms with Crippen LogP contribution in [0.4, 0.5) is 9.18 Å². The number of benzene rings is 1. The van der Waals surface area contributed by atoms with Crippen LogP contribution in [0.1, 0.15) is 70.8 Å². The van der Waals surface area contributed by atoms with Crippen molar-refractivity contribution in [2.24, 2.45) is 5.92 Å². The molecule has 42 heavy (non-hydrogen) atoms. The molecule has 2 aliphatic heterocycles. The molecule has 2 aliphatic rings. The van der Waals surface area contributed by atoms with E-state index in [1.54, 1.807) is 6.07 Å². The van der Waals surface area contributed by atoms with Crippen molar-refractivity contribution in [2.75, 3.05) is 12.3 Å². The summed E-state index contributed by atoms with van der Waals surface area (Å²) in [6.45, 7) is 4.36. The molecule has 5 amide bonds. The van der Waals surface area contributed by atoms with Crippen molar-refractivity contribution in [3.8, 4) is 0 Å². The zero-order valence-corrected chi connectivity index (χ0v) is 25.3. The molecular formula is C30H44FN5O5S. The molecular weight excluding hydrogens is 561 g/mol. The van der Waals surface area contributed by atoms with Gasteiger partial charge in [-0.3, -0.25) is 14.4 Å². The summed E-state index contributed by atoms with van der Waals surface area (Å²) >= 11 is 1.87. The quantitative estimate of drug-likeness (QED) is 0.0988. The predicted molar refractivity (Wildman–Crippen MR) is 160 cm³/mol. The smallest absolute Gasteiger partial charge is 0.315 e. The van der Waals surface area contributed by atoms with Crippen LogP contribution in [0.3, 0.4) is 0 Å². The van der Waals surface area contributed by atoms with E-state index in [1.807, 2.05) is 25.6 Å². The van der Waals surface area contributed by atoms with Crippen molar-refractivity contribution in [2.45, 2.75) is 101 Å². The molecule has 3 rings (SSSR count). The number of halogens is 1. The third-order valence-electron chi connectivity index (χ3n) is 7.45. The Morgan fingerprint density at radius 2 is 1.90 bits per heavy atom. The van der Waals surface area contributed by atoms with Gasteiger partial charge in [0, 0.05) is 24.0 Å². The SMILES string of the molecule is CC(C)C[C@H](NC(=O)Cc1cccc(F)c1)C(=O)N[C@H](C=O)CCCCNC(=O)CCCC[C@@H]1SC[C@@H]2NC(=O)N[C@@H]21. The summed E-state index contributed by atoms with van der Waals surface area (Å²) in [5.74, 6) is -0.221. The van der Waals surface area contributed by atoms with E-state index in [4.69, 9.17) is 0 Å². The lowest BCUT2D eigenvalue weighted by Gasteiger charge is -2.22. The van der Waals surface area contributed by atoms with Gasteiger partial charge in [0.25, 0.3) is 0 Å². The number of nitrogens with one attached hydrogen (secondary N) is 5. The van der Waals surface area contributed by atoms with Crippen molar-refractivity contribution in [3.05, 3.63) is 35.6 Å². The Labute approximate surface area is 251 Å². The third-order valence-corrected chi connectivity index (χ3v) is 8.96. The van der Waals surface area contributed by atoms with Gasteiger partial charge < -0.3 is 31.4 Å². The van der Waals surface area contributed by atoms with Crippen LogP contribution >= 0.6 is 11.8 Å². The maximum Gasteiger partial charge on any atom is 0.315 e. The fourth-order valence-electron chi connectivity index (χ4n) is 5.32. The van der Waals surface area contributed by atoms with E-state index in [9.17, 15) is 28.4 Å². The van der Waals surface area contributed by atoms with Gasteiger partial charge in [0.2, 0.25) is 17.7 Å². The normalized spacial score (nSPS) is 20.7. The van der Waals surface area contributed by atoms with Gasteiger partial charge in [0.15, 0.2) is 0 Å². The molecule has 0 unspecified atom stereocenters. The molecule has 0 radical (unpaired) electrons. The fraction of sp³-hybridized carbons (Fsp3) is 0.633. The van der Waals surface area contributed by atoms with Crippen molar-refractivity contribution in [1.82, 2.24) is 26.6 Å². The van der Waals surface area contributed by atoms with E-state index in [0.717, 1.165) is 25.0 Å². The number of aldehydes is 1. The Kier molecular flexibility index (Phi) is 13.6. The number of urea groups is 1. The van der Waals surface area contributed by atoms with Gasteiger partial charge in [0.1, 0.15) is 18.1 Å². The largest absolute Gasteiger partial charge is 0.356 e. The van der Waals surface area contributed by atoms with Gasteiger partial charge in [-0.2, -0.15) is 11.8 Å². The second kappa shape index (κ2) is 17.1. The lowest BCUT2D eigenvalue weighted by molar-refractivity contribution is -0.130. The first-order valence-corrected chi connectivity index (χ1v) is 15.9. The molecule has 2 heterocycles. The Balaban J connectivity index is 1.29. The van der Waals surface area contributed by atoms with Crippen LogP contribution in [-0.4, -0.2) is 71.8 Å². The summed E-state index contributed by atoms with van der Waals surface area (Å²) in [5, 5.41) is 14.7. The minimum absolute atomic E-state index is 0.00598. The Morgan fingerprint density at radius 3 is 2.64 bits per heavy atom. The first-order valence-electron chi connectivity index (χ1n) is 14.9. The summed E-state index contributed by atoms with van der Waals surface area (Å²) in [5.41, 5.74) is 0.508. The first-order chi connectivity index (χ1) is 20.1. The molecule has 2 fully saturated rings. The molecule has 0 aromatic heterocycles. The second-order valence-corrected chi connectivity index (χ2v) is 12.8. The molecule has 232 valence electrons. The minimum Gasteiger partial charge on any atom is -0.356 e. The van der Waals surface area contributed by atoms with E-state index in [0.29, 0.717) is 55.7 Å². The number of hydrogen-bond donors (Lipinski definition) is 5. The number of carbonyl (C=O) groups excluding carboxylic acids is 5. The van der Waals surface area contributed by atoms with Crippen LogP contribution < -0.4 is 26.6 Å². The highest BCUT2D eigenvalue weighted by atomic mass is 32.2. The number of carbonyl (C=O) groups is 5.